The number of hydrogen-bond acceptors (Lipinski definition) is 6. The minimum Gasteiger partial charge on any atom is -0.496 e. The van der Waals surface area contributed by atoms with Gasteiger partial charge in [-0.25, -0.2) is 4.39 Å². The lowest BCUT2D eigenvalue weighted by Gasteiger charge is -2.43. The first-order valence-corrected chi connectivity index (χ1v) is 12.9. The Morgan fingerprint density at radius 1 is 1.22 bits per heavy atom. The summed E-state index contributed by atoms with van der Waals surface area (Å²) in [6.07, 6.45) is 4.83. The van der Waals surface area contributed by atoms with Crippen molar-refractivity contribution in [3.8, 4) is 5.75 Å². The highest BCUT2D eigenvalue weighted by Crippen LogP contribution is 2.43. The Morgan fingerprint density at radius 2 is 1.95 bits per heavy atom. The molecule has 0 aromatic heterocycles. The van der Waals surface area contributed by atoms with Crippen LogP contribution in [0.5, 0.6) is 5.75 Å². The van der Waals surface area contributed by atoms with Gasteiger partial charge in [-0.1, -0.05) is 25.1 Å². The number of fused-ring (bicyclic) bond motifs is 1. The molecule has 7 nitrogen and oxygen atoms in total. The van der Waals surface area contributed by atoms with Crippen molar-refractivity contribution in [2.45, 2.75) is 39.7 Å². The van der Waals surface area contributed by atoms with Gasteiger partial charge < -0.3 is 15.0 Å². The lowest BCUT2D eigenvalue weighted by atomic mass is 9.87. The van der Waals surface area contributed by atoms with Gasteiger partial charge in [-0.2, -0.15) is 0 Å². The van der Waals surface area contributed by atoms with Gasteiger partial charge in [0.25, 0.3) is 11.1 Å². The van der Waals surface area contributed by atoms with Crippen molar-refractivity contribution in [2.24, 2.45) is 0 Å². The summed E-state index contributed by atoms with van der Waals surface area (Å²) in [4.78, 5) is 41.4. The fraction of sp³-hybridized carbons (Fsp3) is 0.321. The molecule has 0 atom stereocenters. The van der Waals surface area contributed by atoms with Crippen LogP contribution in [0.3, 0.4) is 0 Å². The van der Waals surface area contributed by atoms with Crippen LogP contribution in [0.1, 0.15) is 45.2 Å². The molecule has 0 radical (unpaired) electrons. The Kier molecular flexibility index (Phi) is 7.45. The summed E-state index contributed by atoms with van der Waals surface area (Å²) in [5.74, 6) is -1.28. The van der Waals surface area contributed by atoms with Gasteiger partial charge in [0, 0.05) is 29.4 Å². The number of para-hydroxylation sites is 1. The maximum atomic E-state index is 13.9. The van der Waals surface area contributed by atoms with Crippen molar-refractivity contribution < 1.29 is 23.5 Å². The predicted octanol–water partition coefficient (Wildman–Crippen LogP) is 5.92. The van der Waals surface area contributed by atoms with E-state index in [2.05, 4.69) is 44.0 Å². The highest BCUT2D eigenvalue weighted by Gasteiger charge is 2.37. The van der Waals surface area contributed by atoms with Gasteiger partial charge in [-0.3, -0.25) is 19.3 Å². The summed E-state index contributed by atoms with van der Waals surface area (Å²) in [5, 5.41) is 1.84. The number of allylic oxidation sites excluding steroid dienone is 1. The van der Waals surface area contributed by atoms with Gasteiger partial charge in [0.05, 0.1) is 23.2 Å². The van der Waals surface area contributed by atoms with Crippen LogP contribution < -0.4 is 15.0 Å². The normalized spacial score (nSPS) is 17.7. The molecule has 37 heavy (non-hydrogen) atoms. The lowest BCUT2D eigenvalue weighted by molar-refractivity contribution is -0.127. The second-order valence-electron chi connectivity index (χ2n) is 9.54. The summed E-state index contributed by atoms with van der Waals surface area (Å²) < 4.78 is 19.5. The first kappa shape index (κ1) is 26.5. The molecule has 2 heterocycles. The van der Waals surface area contributed by atoms with Gasteiger partial charge in [0.1, 0.15) is 18.1 Å². The SMILES string of the molecule is CCCN1c2cc(OC)c(/C=C3/SC(=O)N(CC(=O)Nc4ccccc4F)C3=O)cc2C(C)=CC1(C)C. The predicted molar refractivity (Wildman–Crippen MR) is 146 cm³/mol. The summed E-state index contributed by atoms with van der Waals surface area (Å²) in [6.45, 7) is 8.91. The standard InChI is InChI=1S/C28H30FN3O4S/c1-6-11-32-22-14-23(36-5)18(12-19(22)17(2)15-28(32,3)4)13-24-26(34)31(27(35)37-24)16-25(33)30-21-10-8-7-9-20(21)29/h7-10,12-15H,6,11,16H2,1-5H3,(H,30,33)/b24-13+. The lowest BCUT2D eigenvalue weighted by Crippen LogP contribution is -2.45. The molecule has 2 aliphatic heterocycles. The molecule has 1 fully saturated rings. The van der Waals surface area contributed by atoms with Crippen LogP contribution in [0.15, 0.2) is 47.4 Å². The van der Waals surface area contributed by atoms with Crippen molar-refractivity contribution in [3.05, 3.63) is 64.3 Å². The minimum atomic E-state index is -0.667. The number of nitrogens with one attached hydrogen (secondary N) is 1. The highest BCUT2D eigenvalue weighted by atomic mass is 32.2. The number of nitrogens with zero attached hydrogens (tertiary/aromatic N) is 2. The first-order chi connectivity index (χ1) is 17.6. The van der Waals surface area contributed by atoms with E-state index in [4.69, 9.17) is 4.74 Å². The fourth-order valence-corrected chi connectivity index (χ4v) is 5.55. The van der Waals surface area contributed by atoms with E-state index in [-0.39, 0.29) is 16.1 Å². The van der Waals surface area contributed by atoms with Crippen molar-refractivity contribution >= 4 is 51.8 Å². The van der Waals surface area contributed by atoms with Crippen LogP contribution in [0.4, 0.5) is 20.6 Å². The molecule has 0 bridgehead atoms. The quantitative estimate of drug-likeness (QED) is 0.454. The number of carbonyl (C=O) groups is 3. The number of hydrogen-bond donors (Lipinski definition) is 1. The van der Waals surface area contributed by atoms with Crippen molar-refractivity contribution in [1.82, 2.24) is 4.90 Å². The number of benzene rings is 2. The van der Waals surface area contributed by atoms with Crippen molar-refractivity contribution in [3.63, 3.8) is 0 Å². The number of amides is 3. The van der Waals surface area contributed by atoms with Gasteiger partial charge in [0.15, 0.2) is 0 Å². The Balaban J connectivity index is 1.61. The molecule has 0 aliphatic carbocycles. The van der Waals surface area contributed by atoms with Gasteiger partial charge in [-0.15, -0.1) is 0 Å². The zero-order chi connectivity index (χ0) is 26.9. The van der Waals surface area contributed by atoms with E-state index in [9.17, 15) is 18.8 Å². The Labute approximate surface area is 220 Å². The number of carbonyl (C=O) groups excluding carboxylic acids is 3. The first-order valence-electron chi connectivity index (χ1n) is 12.0. The monoisotopic (exact) mass is 523 g/mol. The van der Waals surface area contributed by atoms with Crippen molar-refractivity contribution in [1.29, 1.82) is 0 Å². The second-order valence-corrected chi connectivity index (χ2v) is 10.5. The zero-order valence-electron chi connectivity index (χ0n) is 21.6. The Hall–Kier alpha value is -3.59. The molecule has 2 aliphatic rings. The van der Waals surface area contributed by atoms with Crippen LogP contribution in [-0.2, 0) is 9.59 Å². The molecule has 1 N–H and O–H groups in total. The van der Waals surface area contributed by atoms with E-state index in [0.29, 0.717) is 11.3 Å². The van der Waals surface area contributed by atoms with E-state index in [0.717, 1.165) is 46.5 Å². The maximum absolute atomic E-state index is 13.9. The molecule has 0 saturated carbocycles. The zero-order valence-corrected chi connectivity index (χ0v) is 22.4. The molecule has 194 valence electrons. The topological polar surface area (TPSA) is 79.0 Å². The number of imide groups is 1. The molecule has 3 amide bonds. The van der Waals surface area contributed by atoms with Gasteiger partial charge in [-0.05, 0) is 68.8 Å². The number of halogens is 1. The third kappa shape index (κ3) is 5.27. The molecular weight excluding hydrogens is 493 g/mol. The van der Waals surface area contributed by atoms with Crippen LogP contribution in [0, 0.1) is 5.82 Å². The molecular formula is C28H30FN3O4S. The Morgan fingerprint density at radius 3 is 2.62 bits per heavy atom. The van der Waals surface area contributed by atoms with Gasteiger partial charge in [0.2, 0.25) is 5.91 Å². The highest BCUT2D eigenvalue weighted by molar-refractivity contribution is 8.18. The smallest absolute Gasteiger partial charge is 0.294 e. The molecule has 1 saturated heterocycles. The van der Waals surface area contributed by atoms with Crippen LogP contribution in [0.25, 0.3) is 11.6 Å². The van der Waals surface area contributed by atoms with Crippen molar-refractivity contribution in [2.75, 3.05) is 30.4 Å². The van der Waals surface area contributed by atoms with Crippen LogP contribution >= 0.6 is 11.8 Å². The van der Waals surface area contributed by atoms with E-state index in [1.165, 1.54) is 18.2 Å². The summed E-state index contributed by atoms with van der Waals surface area (Å²) in [7, 11) is 1.57. The second kappa shape index (κ2) is 10.4. The molecule has 2 aromatic rings. The number of anilines is 2. The molecule has 0 spiro atoms. The Bertz CT molecular complexity index is 1330. The van der Waals surface area contributed by atoms with E-state index < -0.39 is 29.4 Å². The average Bonchev–Trinajstić information content (AvgIpc) is 3.10. The molecule has 2 aromatic carbocycles. The summed E-state index contributed by atoms with van der Waals surface area (Å²) >= 11 is 0.758. The number of methoxy groups -OCH3 is 1. The number of ether oxygens (including phenoxy) is 1. The number of thioether (sulfide) groups is 1. The third-order valence-electron chi connectivity index (χ3n) is 6.39. The largest absolute Gasteiger partial charge is 0.496 e. The minimum absolute atomic E-state index is 0.0162. The van der Waals surface area contributed by atoms with Gasteiger partial charge >= 0.3 is 0 Å². The number of rotatable bonds is 7. The third-order valence-corrected chi connectivity index (χ3v) is 7.29. The van der Waals surface area contributed by atoms with E-state index >= 15 is 0 Å². The molecule has 4 rings (SSSR count). The van der Waals surface area contributed by atoms with E-state index in [1.54, 1.807) is 19.3 Å². The maximum Gasteiger partial charge on any atom is 0.294 e. The van der Waals surface area contributed by atoms with Crippen LogP contribution in [-0.4, -0.2) is 47.7 Å². The summed E-state index contributed by atoms with van der Waals surface area (Å²) in [5.41, 5.74) is 3.68. The summed E-state index contributed by atoms with van der Waals surface area (Å²) in [6, 6.07) is 9.64. The average molecular weight is 524 g/mol. The molecule has 9 heteroatoms. The fourth-order valence-electron chi connectivity index (χ4n) is 4.72. The van der Waals surface area contributed by atoms with E-state index in [1.807, 2.05) is 12.1 Å². The molecule has 0 unspecified atom stereocenters. The van der Waals surface area contributed by atoms with Crippen LogP contribution in [0.2, 0.25) is 0 Å².